The van der Waals surface area contributed by atoms with Gasteiger partial charge in [-0.1, -0.05) is 0 Å². The highest BCUT2D eigenvalue weighted by molar-refractivity contribution is 5.94. The molecule has 0 saturated carbocycles. The first-order valence-corrected chi connectivity index (χ1v) is 7.71. The first kappa shape index (κ1) is 21.3. The van der Waals surface area contributed by atoms with Crippen molar-refractivity contribution in [2.24, 2.45) is 5.73 Å². The lowest BCUT2D eigenvalue weighted by molar-refractivity contribution is -0.135. The molecule has 9 heteroatoms. The molecule has 0 bridgehead atoms. The highest BCUT2D eigenvalue weighted by Gasteiger charge is 2.27. The summed E-state index contributed by atoms with van der Waals surface area (Å²) >= 11 is 0. The molecular formula is C16H22ClF2N3O3. The number of benzene rings is 1. The summed E-state index contributed by atoms with van der Waals surface area (Å²) in [7, 11) is 1.50. The van der Waals surface area contributed by atoms with E-state index in [0.717, 1.165) is 12.1 Å². The third kappa shape index (κ3) is 5.35. The van der Waals surface area contributed by atoms with E-state index >= 15 is 0 Å². The van der Waals surface area contributed by atoms with Gasteiger partial charge in [-0.25, -0.2) is 8.78 Å². The Bertz CT molecular complexity index is 606. The minimum Gasteiger partial charge on any atom is -0.380 e. The molecule has 0 aliphatic carbocycles. The Hall–Kier alpha value is -1.77. The smallest absolute Gasteiger partial charge is 0.256 e. The Morgan fingerprint density at radius 3 is 2.32 bits per heavy atom. The van der Waals surface area contributed by atoms with E-state index in [4.69, 9.17) is 10.5 Å². The molecule has 1 atom stereocenters. The predicted octanol–water partition coefficient (Wildman–Crippen LogP) is 1.03. The molecule has 1 heterocycles. The Morgan fingerprint density at radius 2 is 1.80 bits per heavy atom. The molecule has 1 unspecified atom stereocenters. The zero-order valence-electron chi connectivity index (χ0n) is 13.9. The van der Waals surface area contributed by atoms with Crippen molar-refractivity contribution in [1.82, 2.24) is 9.80 Å². The first-order chi connectivity index (χ1) is 11.5. The van der Waals surface area contributed by atoms with E-state index < -0.39 is 17.5 Å². The van der Waals surface area contributed by atoms with Crippen LogP contribution in [0, 0.1) is 11.6 Å². The van der Waals surface area contributed by atoms with Gasteiger partial charge in [0.1, 0.15) is 11.6 Å². The lowest BCUT2D eigenvalue weighted by atomic mass is 10.1. The zero-order valence-corrected chi connectivity index (χ0v) is 14.7. The predicted molar refractivity (Wildman–Crippen MR) is 90.6 cm³/mol. The van der Waals surface area contributed by atoms with E-state index in [9.17, 15) is 18.4 Å². The minimum atomic E-state index is -0.885. The minimum absolute atomic E-state index is 0. The number of rotatable bonds is 5. The molecule has 1 saturated heterocycles. The van der Waals surface area contributed by atoms with Crippen LogP contribution < -0.4 is 5.73 Å². The monoisotopic (exact) mass is 377 g/mol. The lowest BCUT2D eigenvalue weighted by Gasteiger charge is -2.35. The van der Waals surface area contributed by atoms with Gasteiger partial charge in [0.15, 0.2) is 0 Å². The van der Waals surface area contributed by atoms with Crippen molar-refractivity contribution in [2.75, 3.05) is 39.8 Å². The van der Waals surface area contributed by atoms with Gasteiger partial charge in [0.25, 0.3) is 5.91 Å². The van der Waals surface area contributed by atoms with Crippen molar-refractivity contribution < 1.29 is 23.1 Å². The Morgan fingerprint density at radius 1 is 1.20 bits per heavy atom. The molecule has 1 aliphatic rings. The van der Waals surface area contributed by atoms with Gasteiger partial charge in [-0.15, -0.1) is 12.4 Å². The van der Waals surface area contributed by atoms with Crippen LogP contribution in [0.15, 0.2) is 18.2 Å². The molecule has 1 aromatic carbocycles. The van der Waals surface area contributed by atoms with Gasteiger partial charge in [-0.2, -0.15) is 0 Å². The highest BCUT2D eigenvalue weighted by atomic mass is 35.5. The fourth-order valence-electron chi connectivity index (χ4n) is 2.58. The van der Waals surface area contributed by atoms with Crippen molar-refractivity contribution in [3.05, 3.63) is 35.4 Å². The van der Waals surface area contributed by atoms with Crippen molar-refractivity contribution in [1.29, 1.82) is 0 Å². The summed E-state index contributed by atoms with van der Waals surface area (Å²) in [5.74, 6) is -2.21. The van der Waals surface area contributed by atoms with Crippen LogP contribution in [0.3, 0.4) is 0 Å². The van der Waals surface area contributed by atoms with Gasteiger partial charge in [0.05, 0.1) is 18.1 Å². The molecule has 1 aromatic rings. The molecule has 6 nitrogen and oxygen atoms in total. The summed E-state index contributed by atoms with van der Waals surface area (Å²) in [6.45, 7) is 1.55. The van der Waals surface area contributed by atoms with Gasteiger partial charge < -0.3 is 20.3 Å². The van der Waals surface area contributed by atoms with Crippen molar-refractivity contribution in [3.8, 4) is 0 Å². The molecule has 0 radical (unpaired) electrons. The number of ether oxygens (including phenoxy) is 1. The number of nitrogens with two attached hydrogens (primary N) is 1. The molecule has 1 fully saturated rings. The van der Waals surface area contributed by atoms with Gasteiger partial charge in [0.2, 0.25) is 5.91 Å². The molecule has 25 heavy (non-hydrogen) atoms. The van der Waals surface area contributed by atoms with Crippen LogP contribution in [0.1, 0.15) is 16.8 Å². The van der Waals surface area contributed by atoms with E-state index in [-0.39, 0.29) is 42.9 Å². The van der Waals surface area contributed by atoms with Crippen molar-refractivity contribution in [3.63, 3.8) is 0 Å². The number of amides is 2. The number of hydrogen-bond acceptors (Lipinski definition) is 4. The zero-order chi connectivity index (χ0) is 17.7. The van der Waals surface area contributed by atoms with Gasteiger partial charge in [-0.05, 0) is 12.1 Å². The molecule has 2 amide bonds. The van der Waals surface area contributed by atoms with Crippen LogP contribution in [-0.2, 0) is 9.53 Å². The molecule has 140 valence electrons. The second-order valence-corrected chi connectivity index (χ2v) is 5.59. The van der Waals surface area contributed by atoms with Crippen LogP contribution >= 0.6 is 12.4 Å². The number of piperazine rings is 1. The summed E-state index contributed by atoms with van der Waals surface area (Å²) in [5, 5.41) is 0. The Balaban J connectivity index is 0.00000312. The van der Waals surface area contributed by atoms with Crippen molar-refractivity contribution >= 4 is 24.2 Å². The lowest BCUT2D eigenvalue weighted by Crippen LogP contribution is -2.51. The average Bonchev–Trinajstić information content (AvgIpc) is 2.59. The third-order valence-electron chi connectivity index (χ3n) is 4.08. The van der Waals surface area contributed by atoms with Crippen LogP contribution in [0.25, 0.3) is 0 Å². The van der Waals surface area contributed by atoms with Gasteiger partial charge >= 0.3 is 0 Å². The van der Waals surface area contributed by atoms with Crippen LogP contribution in [0.2, 0.25) is 0 Å². The Kier molecular flexibility index (Phi) is 8.21. The Labute approximate surface area is 151 Å². The van der Waals surface area contributed by atoms with Gasteiger partial charge in [0, 0.05) is 45.9 Å². The fourth-order valence-corrected chi connectivity index (χ4v) is 2.58. The quantitative estimate of drug-likeness (QED) is 0.831. The maximum Gasteiger partial charge on any atom is 0.256 e. The van der Waals surface area contributed by atoms with Crippen molar-refractivity contribution in [2.45, 2.75) is 12.5 Å². The van der Waals surface area contributed by atoms with Gasteiger partial charge in [-0.3, -0.25) is 9.59 Å². The standard InChI is InChI=1S/C16H21F2N3O3.ClH/c1-24-12(10-19)9-15(22)20-4-6-21(7-5-20)16(23)13-3-2-11(17)8-14(13)18;/h2-3,8,12H,4-7,9-10,19H2,1H3;1H. The normalized spacial score (nSPS) is 15.5. The second-order valence-electron chi connectivity index (χ2n) is 5.59. The molecular weight excluding hydrogens is 356 g/mol. The number of carbonyl (C=O) groups excluding carboxylic acids is 2. The van der Waals surface area contributed by atoms with E-state index in [0.29, 0.717) is 32.2 Å². The second kappa shape index (κ2) is 9.65. The SMILES string of the molecule is COC(CN)CC(=O)N1CCN(C(=O)c2ccc(F)cc2F)CC1.Cl. The molecule has 0 spiro atoms. The van der Waals surface area contributed by atoms with Crippen LogP contribution in [-0.4, -0.2) is 67.6 Å². The number of carbonyl (C=O) groups is 2. The molecule has 0 aromatic heterocycles. The maximum atomic E-state index is 13.7. The summed E-state index contributed by atoms with van der Waals surface area (Å²) in [6, 6.07) is 2.87. The maximum absolute atomic E-state index is 13.7. The molecule has 1 aliphatic heterocycles. The highest BCUT2D eigenvalue weighted by Crippen LogP contribution is 2.14. The largest absolute Gasteiger partial charge is 0.380 e. The topological polar surface area (TPSA) is 75.9 Å². The fraction of sp³-hybridized carbons (Fsp3) is 0.500. The molecule has 2 rings (SSSR count). The van der Waals surface area contributed by atoms with E-state index in [2.05, 4.69) is 0 Å². The number of methoxy groups -OCH3 is 1. The third-order valence-corrected chi connectivity index (χ3v) is 4.08. The van der Waals surface area contributed by atoms with E-state index in [1.165, 1.54) is 12.0 Å². The van der Waals surface area contributed by atoms with Crippen LogP contribution in [0.4, 0.5) is 8.78 Å². The first-order valence-electron chi connectivity index (χ1n) is 7.71. The van der Waals surface area contributed by atoms with Crippen LogP contribution in [0.5, 0.6) is 0 Å². The summed E-state index contributed by atoms with van der Waals surface area (Å²) in [4.78, 5) is 27.5. The number of halogens is 3. The summed E-state index contributed by atoms with van der Waals surface area (Å²) in [6.07, 6.45) is -0.140. The number of nitrogens with zero attached hydrogens (tertiary/aromatic N) is 2. The average molecular weight is 378 g/mol. The summed E-state index contributed by atoms with van der Waals surface area (Å²) in [5.41, 5.74) is 5.33. The van der Waals surface area contributed by atoms with E-state index in [1.54, 1.807) is 4.90 Å². The van der Waals surface area contributed by atoms with E-state index in [1.807, 2.05) is 0 Å². The number of hydrogen-bond donors (Lipinski definition) is 1. The summed E-state index contributed by atoms with van der Waals surface area (Å²) < 4.78 is 31.7. The molecule has 2 N–H and O–H groups in total.